The van der Waals surface area contributed by atoms with E-state index in [2.05, 4.69) is 0 Å². The predicted octanol–water partition coefficient (Wildman–Crippen LogP) is 2.85. The fourth-order valence-electron chi connectivity index (χ4n) is 3.09. The number of hydrogen-bond acceptors (Lipinski definition) is 4. The van der Waals surface area contributed by atoms with E-state index < -0.39 is 12.4 Å². The number of halogens is 1. The molecule has 1 fully saturated rings. The van der Waals surface area contributed by atoms with Crippen molar-refractivity contribution in [3.05, 3.63) is 65.5 Å². The summed E-state index contributed by atoms with van der Waals surface area (Å²) in [7, 11) is 0. The van der Waals surface area contributed by atoms with Gasteiger partial charge in [-0.1, -0.05) is 30.3 Å². The van der Waals surface area contributed by atoms with Crippen LogP contribution in [0.25, 0.3) is 0 Å². The van der Waals surface area contributed by atoms with Crippen LogP contribution in [0.2, 0.25) is 0 Å². The van der Waals surface area contributed by atoms with Crippen molar-refractivity contribution >= 4 is 17.5 Å². The molecule has 0 atom stereocenters. The number of ketones is 1. The molecule has 2 aromatic rings. The summed E-state index contributed by atoms with van der Waals surface area (Å²) in [5, 5.41) is 8.96. The molecule has 1 aliphatic rings. The smallest absolute Gasteiger partial charge is 0.324 e. The lowest BCUT2D eigenvalue weighted by Crippen LogP contribution is -2.44. The van der Waals surface area contributed by atoms with Crippen molar-refractivity contribution in [3.8, 4) is 0 Å². The van der Waals surface area contributed by atoms with Gasteiger partial charge in [0.1, 0.15) is 12.4 Å². The van der Waals surface area contributed by atoms with E-state index >= 15 is 0 Å². The summed E-state index contributed by atoms with van der Waals surface area (Å²) >= 11 is 0. The molecule has 3 rings (SSSR count). The predicted molar refractivity (Wildman–Crippen MR) is 103 cm³/mol. The molecular weight excluding hydrogens is 363 g/mol. The summed E-state index contributed by atoms with van der Waals surface area (Å²) in [4.78, 5) is 28.0. The maximum Gasteiger partial charge on any atom is 0.324 e. The normalized spacial score (nSPS) is 14.4. The molecule has 0 bridgehead atoms. The zero-order chi connectivity index (χ0) is 19.9. The van der Waals surface area contributed by atoms with Gasteiger partial charge in [-0.05, 0) is 30.2 Å². The van der Waals surface area contributed by atoms with Gasteiger partial charge in [0.05, 0.1) is 13.2 Å². The van der Waals surface area contributed by atoms with E-state index in [0.29, 0.717) is 37.6 Å². The lowest BCUT2D eigenvalue weighted by molar-refractivity contribution is 0.0903. The summed E-state index contributed by atoms with van der Waals surface area (Å²) in [6.45, 7) is 1.82. The van der Waals surface area contributed by atoms with Crippen LogP contribution in [-0.4, -0.2) is 54.7 Å². The number of hydrogen-bond donors (Lipinski definition) is 1. The zero-order valence-electron chi connectivity index (χ0n) is 15.5. The van der Waals surface area contributed by atoms with Crippen LogP contribution < -0.4 is 4.90 Å². The molecule has 0 radical (unpaired) electrons. The van der Waals surface area contributed by atoms with Crippen LogP contribution in [0, 0.1) is 5.82 Å². The Morgan fingerprint density at radius 3 is 2.61 bits per heavy atom. The Kier molecular flexibility index (Phi) is 6.73. The van der Waals surface area contributed by atoms with Crippen molar-refractivity contribution in [1.82, 2.24) is 4.90 Å². The van der Waals surface area contributed by atoms with Crippen molar-refractivity contribution in [2.45, 2.75) is 13.0 Å². The Morgan fingerprint density at radius 2 is 1.89 bits per heavy atom. The van der Waals surface area contributed by atoms with E-state index in [4.69, 9.17) is 9.84 Å². The van der Waals surface area contributed by atoms with Crippen molar-refractivity contribution in [2.24, 2.45) is 0 Å². The molecule has 148 valence electrons. The number of benzene rings is 2. The molecule has 28 heavy (non-hydrogen) atoms. The van der Waals surface area contributed by atoms with Crippen molar-refractivity contribution in [3.63, 3.8) is 0 Å². The maximum absolute atomic E-state index is 13.8. The molecule has 1 saturated heterocycles. The fourth-order valence-corrected chi connectivity index (χ4v) is 3.09. The number of rotatable bonds is 5. The molecule has 0 aromatic heterocycles. The Balaban J connectivity index is 1.85. The molecular formula is C21H23FN2O4. The minimum absolute atomic E-state index is 0.216. The minimum Gasteiger partial charge on any atom is -0.388 e. The van der Waals surface area contributed by atoms with Crippen molar-refractivity contribution in [1.29, 1.82) is 0 Å². The van der Waals surface area contributed by atoms with Gasteiger partial charge in [0.25, 0.3) is 0 Å². The number of carbonyl (C=O) groups excluding carboxylic acids is 2. The molecule has 1 heterocycles. The van der Waals surface area contributed by atoms with Gasteiger partial charge in [0.15, 0.2) is 5.78 Å². The van der Waals surface area contributed by atoms with Crippen LogP contribution in [0.4, 0.5) is 14.9 Å². The lowest BCUT2D eigenvalue weighted by atomic mass is 10.1. The molecule has 0 spiro atoms. The first kappa shape index (κ1) is 20.0. The number of urea groups is 1. The number of amides is 2. The van der Waals surface area contributed by atoms with Crippen LogP contribution >= 0.6 is 0 Å². The van der Waals surface area contributed by atoms with E-state index in [9.17, 15) is 14.0 Å². The summed E-state index contributed by atoms with van der Waals surface area (Å²) < 4.78 is 19.2. The average Bonchev–Trinajstić information content (AvgIpc) is 3.01. The van der Waals surface area contributed by atoms with Crippen LogP contribution in [-0.2, 0) is 11.3 Å². The van der Waals surface area contributed by atoms with Gasteiger partial charge in [-0.2, -0.15) is 0 Å². The monoisotopic (exact) mass is 386 g/mol. The number of ether oxygens (including phenoxy) is 1. The number of anilines is 1. The Bertz CT molecular complexity index is 817. The molecule has 0 unspecified atom stereocenters. The summed E-state index contributed by atoms with van der Waals surface area (Å²) in [5.41, 5.74) is 1.66. The molecule has 1 N–H and O–H groups in total. The van der Waals surface area contributed by atoms with Gasteiger partial charge < -0.3 is 14.7 Å². The number of Topliss-reactive ketones (excluding diaryl/α,β-unsaturated/α-hetero) is 1. The fraction of sp³-hybridized carbons (Fsp3) is 0.333. The number of nitrogens with zero attached hydrogens (tertiary/aromatic N) is 2. The highest BCUT2D eigenvalue weighted by atomic mass is 19.1. The van der Waals surface area contributed by atoms with E-state index in [1.807, 2.05) is 0 Å². The van der Waals surface area contributed by atoms with Gasteiger partial charge in [-0.25, -0.2) is 9.18 Å². The van der Waals surface area contributed by atoms with E-state index in [0.717, 1.165) is 12.0 Å². The Labute approximate surface area is 163 Å². The highest BCUT2D eigenvalue weighted by Crippen LogP contribution is 2.21. The highest BCUT2D eigenvalue weighted by molar-refractivity contribution is 5.97. The first-order valence-electron chi connectivity index (χ1n) is 9.21. The molecule has 2 aromatic carbocycles. The Morgan fingerprint density at radius 1 is 1.11 bits per heavy atom. The quantitative estimate of drug-likeness (QED) is 0.803. The zero-order valence-corrected chi connectivity index (χ0v) is 15.5. The second-order valence-electron chi connectivity index (χ2n) is 6.58. The second-order valence-corrected chi connectivity index (χ2v) is 6.58. The average molecular weight is 386 g/mol. The third-order valence-electron chi connectivity index (χ3n) is 4.60. The highest BCUT2D eigenvalue weighted by Gasteiger charge is 2.24. The van der Waals surface area contributed by atoms with E-state index in [1.165, 1.54) is 17.0 Å². The molecule has 1 aliphatic heterocycles. The lowest BCUT2D eigenvalue weighted by Gasteiger charge is -2.30. The standard InChI is InChI=1S/C21H23FN2O4/c22-18-3-1-4-19(13-18)24(21(27)23-9-2-11-28-12-10-23)14-16-5-7-17(8-6-16)20(26)15-25/h1,3-8,13,25H,2,9-12,14-15H2. The minimum atomic E-state index is -0.551. The molecule has 0 aliphatic carbocycles. The van der Waals surface area contributed by atoms with Crippen LogP contribution in [0.1, 0.15) is 22.3 Å². The van der Waals surface area contributed by atoms with Crippen LogP contribution in [0.3, 0.4) is 0 Å². The van der Waals surface area contributed by atoms with Gasteiger partial charge in [-0.3, -0.25) is 9.69 Å². The Hall–Kier alpha value is -2.77. The second kappa shape index (κ2) is 9.43. The first-order valence-corrected chi connectivity index (χ1v) is 9.21. The number of aliphatic hydroxyl groups is 1. The molecule has 6 nitrogen and oxygen atoms in total. The molecule has 0 saturated carbocycles. The maximum atomic E-state index is 13.8. The van der Waals surface area contributed by atoms with Crippen molar-refractivity contribution in [2.75, 3.05) is 37.8 Å². The molecule has 7 heteroatoms. The van der Waals surface area contributed by atoms with E-state index in [1.54, 1.807) is 41.3 Å². The third kappa shape index (κ3) is 4.94. The topological polar surface area (TPSA) is 70.1 Å². The summed E-state index contributed by atoms with van der Waals surface area (Å²) in [5.74, 6) is -0.785. The number of aliphatic hydroxyl groups excluding tert-OH is 1. The van der Waals surface area contributed by atoms with Crippen molar-refractivity contribution < 1.29 is 23.8 Å². The summed E-state index contributed by atoms with van der Waals surface area (Å²) in [6, 6.07) is 12.4. The van der Waals surface area contributed by atoms with Gasteiger partial charge in [0, 0.05) is 30.9 Å². The van der Waals surface area contributed by atoms with Crippen LogP contribution in [0.15, 0.2) is 48.5 Å². The summed E-state index contributed by atoms with van der Waals surface area (Å²) in [6.07, 6.45) is 0.751. The van der Waals surface area contributed by atoms with Gasteiger partial charge in [0.2, 0.25) is 0 Å². The first-order chi connectivity index (χ1) is 13.6. The largest absolute Gasteiger partial charge is 0.388 e. The third-order valence-corrected chi connectivity index (χ3v) is 4.60. The van der Waals surface area contributed by atoms with Gasteiger partial charge >= 0.3 is 6.03 Å². The van der Waals surface area contributed by atoms with Crippen LogP contribution in [0.5, 0.6) is 0 Å². The van der Waals surface area contributed by atoms with Gasteiger partial charge in [-0.15, -0.1) is 0 Å². The SMILES string of the molecule is O=C(CO)c1ccc(CN(C(=O)N2CCCOCC2)c2cccc(F)c2)cc1. The number of carbonyl (C=O) groups is 2. The van der Waals surface area contributed by atoms with E-state index in [-0.39, 0.29) is 18.4 Å². The molecule has 2 amide bonds.